The predicted octanol–water partition coefficient (Wildman–Crippen LogP) is 4.06. The molecule has 4 heterocycles. The Morgan fingerprint density at radius 1 is 1.28 bits per heavy atom. The number of fused-ring (bicyclic) bond motifs is 3. The van der Waals surface area contributed by atoms with Gasteiger partial charge in [0.15, 0.2) is 22.5 Å². The zero-order chi connectivity index (χ0) is 22.4. The molecule has 1 aromatic carbocycles. The zero-order valence-electron chi connectivity index (χ0n) is 16.6. The van der Waals surface area contributed by atoms with Crippen LogP contribution in [0.5, 0.6) is 5.06 Å². The number of amides is 1. The molecule has 2 atom stereocenters. The summed E-state index contributed by atoms with van der Waals surface area (Å²) in [5.41, 5.74) is 1.96. The summed E-state index contributed by atoms with van der Waals surface area (Å²) in [5, 5.41) is 11.1. The minimum Gasteiger partial charge on any atom is -0.481 e. The normalized spacial score (nSPS) is 20.1. The fraction of sp³-hybridized carbons (Fsp3) is 0.333. The Morgan fingerprint density at radius 2 is 2.06 bits per heavy atom. The average molecular weight is 527 g/mol. The molecule has 2 aliphatic rings. The first-order valence-electron chi connectivity index (χ1n) is 10.1. The molecule has 0 unspecified atom stereocenters. The Hall–Kier alpha value is -2.37. The van der Waals surface area contributed by atoms with E-state index < -0.39 is 23.5 Å². The fourth-order valence-electron chi connectivity index (χ4n) is 4.22. The van der Waals surface area contributed by atoms with Crippen molar-refractivity contribution >= 4 is 33.2 Å². The molecule has 1 fully saturated rings. The van der Waals surface area contributed by atoms with E-state index in [4.69, 9.17) is 4.74 Å². The quantitative estimate of drug-likeness (QED) is 0.505. The van der Waals surface area contributed by atoms with Crippen molar-refractivity contribution in [3.8, 4) is 16.3 Å². The van der Waals surface area contributed by atoms with Crippen molar-refractivity contribution in [2.45, 2.75) is 24.9 Å². The number of piperidine rings is 1. The van der Waals surface area contributed by atoms with Crippen LogP contribution in [0.4, 0.5) is 13.2 Å². The number of aromatic nitrogens is 2. The highest BCUT2D eigenvalue weighted by Gasteiger charge is 2.31. The Labute approximate surface area is 193 Å². The molecule has 11 heteroatoms. The first-order valence-corrected chi connectivity index (χ1v) is 11.7. The number of benzene rings is 1. The van der Waals surface area contributed by atoms with Gasteiger partial charge in [-0.2, -0.15) is 5.10 Å². The molecule has 168 valence electrons. The third kappa shape index (κ3) is 3.82. The van der Waals surface area contributed by atoms with Crippen molar-refractivity contribution in [1.82, 2.24) is 20.4 Å². The molecule has 32 heavy (non-hydrogen) atoms. The van der Waals surface area contributed by atoms with Crippen LogP contribution < -0.4 is 15.4 Å². The molecule has 5 rings (SSSR count). The van der Waals surface area contributed by atoms with Crippen LogP contribution in [0.25, 0.3) is 11.3 Å². The molecule has 0 bridgehead atoms. The number of carbonyl (C=O) groups is 1. The topological polar surface area (TPSA) is 68.2 Å². The van der Waals surface area contributed by atoms with E-state index in [1.165, 1.54) is 11.3 Å². The molecular weight excluding hydrogens is 509 g/mol. The molecule has 1 amide bonds. The zero-order valence-corrected chi connectivity index (χ0v) is 19.0. The van der Waals surface area contributed by atoms with Gasteiger partial charge in [-0.15, -0.1) is 0 Å². The summed E-state index contributed by atoms with van der Waals surface area (Å²) in [6.07, 6.45) is 2.26. The van der Waals surface area contributed by atoms with Crippen molar-refractivity contribution in [2.24, 2.45) is 0 Å². The second kappa shape index (κ2) is 8.53. The van der Waals surface area contributed by atoms with E-state index >= 15 is 0 Å². The van der Waals surface area contributed by atoms with E-state index in [1.54, 1.807) is 12.3 Å². The van der Waals surface area contributed by atoms with Gasteiger partial charge in [0.05, 0.1) is 33.3 Å². The lowest BCUT2D eigenvalue weighted by Gasteiger charge is -2.33. The van der Waals surface area contributed by atoms with E-state index in [2.05, 4.69) is 31.7 Å². The minimum atomic E-state index is -1.49. The van der Waals surface area contributed by atoms with E-state index in [9.17, 15) is 18.0 Å². The van der Waals surface area contributed by atoms with Crippen LogP contribution in [0.2, 0.25) is 0 Å². The van der Waals surface area contributed by atoms with Gasteiger partial charge in [0, 0.05) is 18.5 Å². The third-order valence-corrected chi connectivity index (χ3v) is 7.37. The van der Waals surface area contributed by atoms with Crippen molar-refractivity contribution in [3.05, 3.63) is 56.8 Å². The molecule has 2 aliphatic heterocycles. The lowest BCUT2D eigenvalue weighted by molar-refractivity contribution is 0.0928. The van der Waals surface area contributed by atoms with Crippen molar-refractivity contribution < 1.29 is 22.7 Å². The molecule has 3 aromatic rings. The van der Waals surface area contributed by atoms with E-state index in [0.29, 0.717) is 48.2 Å². The maximum Gasteiger partial charge on any atom is 0.261 e. The van der Waals surface area contributed by atoms with Gasteiger partial charge < -0.3 is 15.4 Å². The van der Waals surface area contributed by atoms with Gasteiger partial charge in [-0.25, -0.2) is 13.2 Å². The monoisotopic (exact) mass is 526 g/mol. The molecule has 0 radical (unpaired) electrons. The van der Waals surface area contributed by atoms with Crippen molar-refractivity contribution in [2.75, 3.05) is 19.7 Å². The van der Waals surface area contributed by atoms with Crippen LogP contribution in [0.3, 0.4) is 0 Å². The highest BCUT2D eigenvalue weighted by Crippen LogP contribution is 2.43. The summed E-state index contributed by atoms with van der Waals surface area (Å²) in [4.78, 5) is 13.5. The summed E-state index contributed by atoms with van der Waals surface area (Å²) in [7, 11) is 0. The van der Waals surface area contributed by atoms with E-state index in [0.717, 1.165) is 27.9 Å². The summed E-state index contributed by atoms with van der Waals surface area (Å²) in [6, 6.07) is 3.36. The molecule has 6 nitrogen and oxygen atoms in total. The Kier molecular flexibility index (Phi) is 5.72. The number of hydrogen-bond acceptors (Lipinski definition) is 5. The summed E-state index contributed by atoms with van der Waals surface area (Å²) >= 11 is 4.74. The number of carbonyl (C=O) groups excluding carboxylic acids is 1. The average Bonchev–Trinajstić information content (AvgIpc) is 3.30. The van der Waals surface area contributed by atoms with Crippen LogP contribution in [0.1, 0.15) is 27.6 Å². The first-order chi connectivity index (χ1) is 15.4. The SMILES string of the molecule is O=C(N[C@@H]1CNCC[C@H]1c1cc(F)c(F)c(F)c1)c1cc2c(s1)OCCn1ncc(Br)c1-2. The number of nitrogens with zero attached hydrogens (tertiary/aromatic N) is 2. The molecule has 0 spiro atoms. The van der Waals surface area contributed by atoms with Gasteiger partial charge in [-0.05, 0) is 52.7 Å². The van der Waals surface area contributed by atoms with Crippen LogP contribution in [-0.2, 0) is 6.54 Å². The van der Waals surface area contributed by atoms with Crippen LogP contribution in [0, 0.1) is 17.5 Å². The lowest BCUT2D eigenvalue weighted by atomic mass is 9.85. The Bertz CT molecular complexity index is 1170. The Morgan fingerprint density at radius 3 is 2.84 bits per heavy atom. The number of halogens is 4. The second-order valence-corrected chi connectivity index (χ2v) is 9.57. The van der Waals surface area contributed by atoms with E-state index in [-0.39, 0.29) is 11.8 Å². The number of rotatable bonds is 3. The summed E-state index contributed by atoms with van der Waals surface area (Å²) in [5.74, 6) is -4.62. The molecule has 0 aliphatic carbocycles. The molecule has 2 aromatic heterocycles. The van der Waals surface area contributed by atoms with Gasteiger partial charge in [-0.1, -0.05) is 11.3 Å². The third-order valence-electron chi connectivity index (χ3n) is 5.74. The number of hydrogen-bond donors (Lipinski definition) is 2. The molecule has 1 saturated heterocycles. The van der Waals surface area contributed by atoms with E-state index in [1.807, 2.05) is 4.68 Å². The number of nitrogens with one attached hydrogen (secondary N) is 2. The van der Waals surface area contributed by atoms with Gasteiger partial charge >= 0.3 is 0 Å². The van der Waals surface area contributed by atoms with Crippen LogP contribution >= 0.6 is 27.3 Å². The molecule has 2 N–H and O–H groups in total. The fourth-order valence-corrected chi connectivity index (χ4v) is 5.67. The number of thiophene rings is 1. The minimum absolute atomic E-state index is 0.310. The van der Waals surface area contributed by atoms with Gasteiger partial charge in [-0.3, -0.25) is 9.48 Å². The van der Waals surface area contributed by atoms with Gasteiger partial charge in [0.2, 0.25) is 0 Å². The van der Waals surface area contributed by atoms with Crippen molar-refractivity contribution in [1.29, 1.82) is 0 Å². The maximum absolute atomic E-state index is 13.8. The standard InChI is InChI=1S/C21H18BrF3N4O2S/c22-13-8-27-29-3-4-31-21-12(19(13)29)7-17(32-21)20(30)28-16-9-26-2-1-11(16)10-5-14(23)18(25)15(24)6-10/h5-8,11,16,26H,1-4,9H2,(H,28,30)/t11-,16+/m0/s1. The molecule has 0 saturated carbocycles. The first kappa shape index (κ1) is 21.5. The maximum atomic E-state index is 13.8. The van der Waals surface area contributed by atoms with Crippen molar-refractivity contribution in [3.63, 3.8) is 0 Å². The summed E-state index contributed by atoms with van der Waals surface area (Å²) < 4.78 is 49.5. The molecular formula is C21H18BrF3N4O2S. The largest absolute Gasteiger partial charge is 0.481 e. The highest BCUT2D eigenvalue weighted by atomic mass is 79.9. The number of ether oxygens (including phenoxy) is 1. The van der Waals surface area contributed by atoms with Gasteiger partial charge in [0.25, 0.3) is 5.91 Å². The Balaban J connectivity index is 1.41. The highest BCUT2D eigenvalue weighted by molar-refractivity contribution is 9.10. The van der Waals surface area contributed by atoms with Crippen LogP contribution in [0.15, 0.2) is 28.9 Å². The lowest BCUT2D eigenvalue weighted by Crippen LogP contribution is -2.50. The smallest absolute Gasteiger partial charge is 0.261 e. The predicted molar refractivity (Wildman–Crippen MR) is 117 cm³/mol. The van der Waals surface area contributed by atoms with Gasteiger partial charge in [0.1, 0.15) is 6.61 Å². The van der Waals surface area contributed by atoms with Crippen LogP contribution in [-0.4, -0.2) is 41.4 Å². The second-order valence-electron chi connectivity index (χ2n) is 7.70. The summed E-state index contributed by atoms with van der Waals surface area (Å²) in [6.45, 7) is 2.09.